The van der Waals surface area contributed by atoms with Gasteiger partial charge in [0, 0.05) is 5.02 Å². The Kier molecular flexibility index (Phi) is 8.48. The molecule has 1 rings (SSSR count). The third-order valence-corrected chi connectivity index (χ3v) is 3.45. The average Bonchev–Trinajstić information content (AvgIpc) is 2.50. The van der Waals surface area contributed by atoms with Gasteiger partial charge in [-0.1, -0.05) is 37.6 Å². The standard InChI is InChI=1S/C17H24ClNO4/c1-12(2)10-15(16(20)22-3)19-17(21)23-9-5-7-13-6-4-8-14(18)11-13/h4,6,8,11-12,15H,5,7,9-10H2,1-3H3,(H,19,21)/t15-/m0/s1. The van der Waals surface area contributed by atoms with E-state index in [1.165, 1.54) is 7.11 Å². The second kappa shape index (κ2) is 10.1. The van der Waals surface area contributed by atoms with Crippen molar-refractivity contribution in [2.24, 2.45) is 5.92 Å². The number of carbonyl (C=O) groups is 2. The number of amides is 1. The summed E-state index contributed by atoms with van der Waals surface area (Å²) in [5.41, 5.74) is 1.09. The molecule has 0 saturated heterocycles. The van der Waals surface area contributed by atoms with Crippen LogP contribution in [0.2, 0.25) is 5.02 Å². The zero-order valence-corrected chi connectivity index (χ0v) is 14.6. The molecule has 0 aliphatic carbocycles. The average molecular weight is 342 g/mol. The Labute approximate surface area is 142 Å². The summed E-state index contributed by atoms with van der Waals surface area (Å²) in [6.07, 6.45) is 1.35. The lowest BCUT2D eigenvalue weighted by Gasteiger charge is -2.18. The largest absolute Gasteiger partial charge is 0.467 e. The number of rotatable bonds is 8. The number of halogens is 1. The highest BCUT2D eigenvalue weighted by Gasteiger charge is 2.23. The van der Waals surface area contributed by atoms with Crippen molar-refractivity contribution in [3.8, 4) is 0 Å². The van der Waals surface area contributed by atoms with Crippen LogP contribution in [0.15, 0.2) is 24.3 Å². The van der Waals surface area contributed by atoms with Crippen molar-refractivity contribution in [1.82, 2.24) is 5.32 Å². The zero-order valence-electron chi connectivity index (χ0n) is 13.8. The molecule has 23 heavy (non-hydrogen) atoms. The van der Waals surface area contributed by atoms with Crippen LogP contribution in [0.25, 0.3) is 0 Å². The van der Waals surface area contributed by atoms with Crippen molar-refractivity contribution in [1.29, 1.82) is 0 Å². The number of methoxy groups -OCH3 is 1. The highest BCUT2D eigenvalue weighted by atomic mass is 35.5. The topological polar surface area (TPSA) is 64.6 Å². The van der Waals surface area contributed by atoms with Gasteiger partial charge in [0.25, 0.3) is 0 Å². The summed E-state index contributed by atoms with van der Waals surface area (Å²) in [6.45, 7) is 4.20. The highest BCUT2D eigenvalue weighted by Crippen LogP contribution is 2.12. The monoisotopic (exact) mass is 341 g/mol. The van der Waals surface area contributed by atoms with E-state index in [0.717, 1.165) is 12.0 Å². The van der Waals surface area contributed by atoms with Crippen LogP contribution in [0.3, 0.4) is 0 Å². The first-order chi connectivity index (χ1) is 10.9. The summed E-state index contributed by atoms with van der Waals surface area (Å²) >= 11 is 5.91. The molecule has 0 spiro atoms. The van der Waals surface area contributed by atoms with Gasteiger partial charge >= 0.3 is 12.1 Å². The molecule has 1 aromatic carbocycles. The maximum Gasteiger partial charge on any atom is 0.407 e. The summed E-state index contributed by atoms with van der Waals surface area (Å²) in [4.78, 5) is 23.4. The molecule has 0 aliphatic rings. The molecule has 0 radical (unpaired) electrons. The molecule has 0 aromatic heterocycles. The molecular weight excluding hydrogens is 318 g/mol. The van der Waals surface area contributed by atoms with Crippen molar-refractivity contribution in [3.05, 3.63) is 34.9 Å². The third kappa shape index (κ3) is 7.88. The number of ether oxygens (including phenoxy) is 2. The van der Waals surface area contributed by atoms with E-state index in [1.807, 2.05) is 38.1 Å². The zero-order chi connectivity index (χ0) is 17.2. The molecule has 0 bridgehead atoms. The minimum Gasteiger partial charge on any atom is -0.467 e. The number of hydrogen-bond donors (Lipinski definition) is 1. The van der Waals surface area contributed by atoms with Crippen molar-refractivity contribution < 1.29 is 19.1 Å². The van der Waals surface area contributed by atoms with Crippen LogP contribution in [-0.2, 0) is 20.7 Å². The van der Waals surface area contributed by atoms with Gasteiger partial charge in [-0.05, 0) is 42.9 Å². The SMILES string of the molecule is COC(=O)[C@H](CC(C)C)NC(=O)OCCCc1cccc(Cl)c1. The molecule has 1 aromatic rings. The first kappa shape index (κ1) is 19.3. The lowest BCUT2D eigenvalue weighted by atomic mass is 10.0. The van der Waals surface area contributed by atoms with Crippen molar-refractivity contribution in [2.75, 3.05) is 13.7 Å². The maximum absolute atomic E-state index is 11.8. The number of nitrogens with one attached hydrogen (secondary N) is 1. The molecule has 0 saturated carbocycles. The van der Waals surface area contributed by atoms with E-state index >= 15 is 0 Å². The first-order valence-corrected chi connectivity index (χ1v) is 8.05. The Balaban J connectivity index is 2.33. The molecule has 1 atom stereocenters. The van der Waals surface area contributed by atoms with Gasteiger partial charge in [-0.3, -0.25) is 0 Å². The summed E-state index contributed by atoms with van der Waals surface area (Å²) in [6, 6.07) is 6.88. The van der Waals surface area contributed by atoms with Crippen LogP contribution < -0.4 is 5.32 Å². The Morgan fingerprint density at radius 3 is 2.65 bits per heavy atom. The summed E-state index contributed by atoms with van der Waals surface area (Å²) in [7, 11) is 1.30. The van der Waals surface area contributed by atoms with Crippen LogP contribution in [0, 0.1) is 5.92 Å². The number of esters is 1. The van der Waals surface area contributed by atoms with Crippen LogP contribution in [0.4, 0.5) is 4.79 Å². The smallest absolute Gasteiger partial charge is 0.407 e. The Morgan fingerprint density at radius 1 is 1.30 bits per heavy atom. The number of aryl methyl sites for hydroxylation is 1. The Bertz CT molecular complexity index is 519. The third-order valence-electron chi connectivity index (χ3n) is 3.22. The molecule has 128 valence electrons. The first-order valence-electron chi connectivity index (χ1n) is 7.68. The normalized spacial score (nSPS) is 11.9. The lowest BCUT2D eigenvalue weighted by Crippen LogP contribution is -2.42. The van der Waals surface area contributed by atoms with Gasteiger partial charge in [-0.2, -0.15) is 0 Å². The van der Waals surface area contributed by atoms with Gasteiger partial charge in [0.15, 0.2) is 0 Å². The number of hydrogen-bond acceptors (Lipinski definition) is 4. The minimum absolute atomic E-state index is 0.252. The fraction of sp³-hybridized carbons (Fsp3) is 0.529. The second-order valence-corrected chi connectivity index (χ2v) is 6.16. The van der Waals surface area contributed by atoms with Crippen molar-refractivity contribution in [2.45, 2.75) is 39.2 Å². The molecule has 0 heterocycles. The summed E-state index contributed by atoms with van der Waals surface area (Å²) in [5.74, 6) is -0.211. The summed E-state index contributed by atoms with van der Waals surface area (Å²) in [5, 5.41) is 3.24. The molecule has 0 aliphatic heterocycles. The fourth-order valence-electron chi connectivity index (χ4n) is 2.15. The quantitative estimate of drug-likeness (QED) is 0.579. The predicted octanol–water partition coefficient (Wildman–Crippen LogP) is 3.59. The van der Waals surface area contributed by atoms with Gasteiger partial charge in [0.05, 0.1) is 13.7 Å². The summed E-state index contributed by atoms with van der Waals surface area (Å²) < 4.78 is 9.80. The molecule has 1 N–H and O–H groups in total. The van der Waals surface area contributed by atoms with Crippen molar-refractivity contribution in [3.63, 3.8) is 0 Å². The van der Waals surface area contributed by atoms with E-state index < -0.39 is 18.1 Å². The Hall–Kier alpha value is -1.75. The van der Waals surface area contributed by atoms with E-state index in [1.54, 1.807) is 0 Å². The van der Waals surface area contributed by atoms with Gasteiger partial charge in [-0.25, -0.2) is 9.59 Å². The van der Waals surface area contributed by atoms with Crippen LogP contribution in [0.1, 0.15) is 32.3 Å². The maximum atomic E-state index is 11.8. The van der Waals surface area contributed by atoms with E-state index in [0.29, 0.717) is 17.9 Å². The molecule has 1 amide bonds. The minimum atomic E-state index is -0.680. The number of alkyl carbamates (subject to hydrolysis) is 1. The van der Waals surface area contributed by atoms with E-state index in [4.69, 9.17) is 16.3 Å². The predicted molar refractivity (Wildman–Crippen MR) is 89.5 cm³/mol. The van der Waals surface area contributed by atoms with Crippen molar-refractivity contribution >= 4 is 23.7 Å². The van der Waals surface area contributed by atoms with Gasteiger partial charge in [-0.15, -0.1) is 0 Å². The van der Waals surface area contributed by atoms with Crippen LogP contribution >= 0.6 is 11.6 Å². The number of benzene rings is 1. The molecule has 0 unspecified atom stereocenters. The molecular formula is C17H24ClNO4. The molecule has 0 fully saturated rings. The van der Waals surface area contributed by atoms with Gasteiger partial charge in [0.2, 0.25) is 0 Å². The fourth-order valence-corrected chi connectivity index (χ4v) is 2.36. The van der Waals surface area contributed by atoms with Crippen LogP contribution in [0.5, 0.6) is 0 Å². The van der Waals surface area contributed by atoms with Gasteiger partial charge in [0.1, 0.15) is 6.04 Å². The number of carbonyl (C=O) groups excluding carboxylic acids is 2. The van der Waals surface area contributed by atoms with E-state index in [2.05, 4.69) is 10.1 Å². The molecule has 5 nitrogen and oxygen atoms in total. The Morgan fingerprint density at radius 2 is 2.04 bits per heavy atom. The van der Waals surface area contributed by atoms with Crippen LogP contribution in [-0.4, -0.2) is 31.8 Å². The van der Waals surface area contributed by atoms with E-state index in [-0.39, 0.29) is 12.5 Å². The second-order valence-electron chi connectivity index (χ2n) is 5.72. The van der Waals surface area contributed by atoms with Gasteiger partial charge < -0.3 is 14.8 Å². The highest BCUT2D eigenvalue weighted by molar-refractivity contribution is 6.30. The lowest BCUT2D eigenvalue weighted by molar-refractivity contribution is -0.143. The molecule has 6 heteroatoms. The van der Waals surface area contributed by atoms with E-state index in [9.17, 15) is 9.59 Å².